The molecule has 0 spiro atoms. The van der Waals surface area contributed by atoms with E-state index in [1.165, 1.54) is 19.1 Å². The van der Waals surface area contributed by atoms with Crippen LogP contribution in [0.4, 0.5) is 0 Å². The van der Waals surface area contributed by atoms with Gasteiger partial charge in [0.15, 0.2) is 0 Å². The van der Waals surface area contributed by atoms with Crippen molar-refractivity contribution < 1.29 is 62.9 Å². The third kappa shape index (κ3) is 9.96. The number of carbonyl (C=O) groups excluding carboxylic acids is 4. The number of amides is 1. The molecule has 4 aliphatic heterocycles. The van der Waals surface area contributed by atoms with Gasteiger partial charge in [-0.3, -0.25) is 14.4 Å². The Balaban J connectivity index is 1.53. The van der Waals surface area contributed by atoms with Gasteiger partial charge < -0.3 is 48.6 Å². The van der Waals surface area contributed by atoms with E-state index in [0.717, 1.165) is 0 Å². The number of carbonyl (C=O) groups is 4. The third-order valence-corrected chi connectivity index (χ3v) is 13.8. The van der Waals surface area contributed by atoms with Crippen LogP contribution in [0.3, 0.4) is 0 Å². The second-order valence-electron chi connectivity index (χ2n) is 18.1. The normalized spacial score (nSPS) is 44.1. The molecular formula is C44H69NO13. The largest absolute Gasteiger partial charge is 0.456 e. The Morgan fingerprint density at radius 2 is 1.59 bits per heavy atom. The van der Waals surface area contributed by atoms with Gasteiger partial charge in [0, 0.05) is 46.1 Å². The predicted molar refractivity (Wildman–Crippen MR) is 212 cm³/mol. The van der Waals surface area contributed by atoms with Crippen LogP contribution in [-0.2, 0) is 47.6 Å². The molecule has 1 amide bonds. The number of allylic oxidation sites excluding steroid dienone is 2. The molecule has 0 aromatic carbocycles. The maximum Gasteiger partial charge on any atom is 0.329 e. The Bertz CT molecular complexity index is 1520. The minimum Gasteiger partial charge on any atom is -0.456 e. The number of epoxide rings is 1. The van der Waals surface area contributed by atoms with Crippen LogP contribution in [0.1, 0.15) is 105 Å². The molecule has 14 nitrogen and oxygen atoms in total. The summed E-state index contributed by atoms with van der Waals surface area (Å²) >= 11 is 0. The summed E-state index contributed by atoms with van der Waals surface area (Å²) in [5.41, 5.74) is -0.00986. The number of Topliss-reactive ketones (excluding diaryl/α,β-unsaturated/α-hetero) is 2. The first-order valence-electron chi connectivity index (χ1n) is 21.3. The maximum atomic E-state index is 14.3. The van der Waals surface area contributed by atoms with Crippen LogP contribution in [-0.4, -0.2) is 138 Å². The SMILES string of the molecule is C=CC[C@H]1C(=O)C[C@H](O)[C@@H](C)[C@@H](/C(C)=C/[C@@H]2CC[C@@H](O)[C@H](OC)C2)OC(=O)[C@@H]2CCCCN2C(=O)C(=O)[C@]2(O)O[C@H]([C@@H](OC)C[C@@H](C)CC3(C)OC13)[C@@H](OC)C[C@H]2C. The smallest absolute Gasteiger partial charge is 0.329 e. The van der Waals surface area contributed by atoms with E-state index in [0.29, 0.717) is 56.9 Å². The van der Waals surface area contributed by atoms with Crippen LogP contribution in [0, 0.1) is 29.6 Å². The average molecular weight is 820 g/mol. The fourth-order valence-electron chi connectivity index (χ4n) is 10.2. The standard InChI is InChI=1S/C44H69NO13/c1-10-13-29-33(48)22-32(47)27(5)37(25(3)19-28-15-16-31(46)34(21-28)53-7)56-42(51)30-14-11-12-17-45(30)41(50)39(49)44(52)26(4)20-36(55-9)38(57-44)35(54-8)18-24(2)23-43(6)40(29)58-43/h10,19,24,26-32,34-38,40,46-47,52H,1,11-18,20-23H2,2-9H3/b25-19+/t24-,26-,27-,28+,29+,30+,31-,32+,34-,35+,36+,37-,38-,40?,43?,44-/m1/s1. The van der Waals surface area contributed by atoms with Gasteiger partial charge in [-0.2, -0.15) is 0 Å². The zero-order chi connectivity index (χ0) is 42.7. The van der Waals surface area contributed by atoms with E-state index < -0.39 is 95.6 Å². The Hall–Kier alpha value is -2.56. The second-order valence-corrected chi connectivity index (χ2v) is 18.1. The van der Waals surface area contributed by atoms with Crippen molar-refractivity contribution in [2.75, 3.05) is 27.9 Å². The molecule has 14 heteroatoms. The van der Waals surface area contributed by atoms with Gasteiger partial charge >= 0.3 is 5.97 Å². The number of hydrogen-bond donors (Lipinski definition) is 3. The number of aliphatic hydroxyl groups is 3. The van der Waals surface area contributed by atoms with Crippen LogP contribution in [0.2, 0.25) is 0 Å². The van der Waals surface area contributed by atoms with Crippen LogP contribution >= 0.6 is 0 Å². The van der Waals surface area contributed by atoms with Gasteiger partial charge in [0.25, 0.3) is 11.7 Å². The van der Waals surface area contributed by atoms with Gasteiger partial charge in [0.2, 0.25) is 5.79 Å². The highest BCUT2D eigenvalue weighted by Gasteiger charge is 2.59. The third-order valence-electron chi connectivity index (χ3n) is 13.8. The van der Waals surface area contributed by atoms with Crippen molar-refractivity contribution in [3.8, 4) is 0 Å². The molecule has 5 fully saturated rings. The topological polar surface area (TPSA) is 191 Å². The lowest BCUT2D eigenvalue weighted by molar-refractivity contribution is -0.302. The van der Waals surface area contributed by atoms with E-state index in [2.05, 4.69) is 6.58 Å². The lowest BCUT2D eigenvalue weighted by Crippen LogP contribution is -2.64. The quantitative estimate of drug-likeness (QED) is 0.146. The van der Waals surface area contributed by atoms with Gasteiger partial charge in [-0.25, -0.2) is 4.79 Å². The summed E-state index contributed by atoms with van der Waals surface area (Å²) in [6.07, 6.45) is 2.32. The monoisotopic (exact) mass is 819 g/mol. The molecule has 0 aromatic heterocycles. The molecule has 58 heavy (non-hydrogen) atoms. The van der Waals surface area contributed by atoms with Crippen molar-refractivity contribution in [1.82, 2.24) is 4.90 Å². The van der Waals surface area contributed by atoms with Crippen LogP contribution in [0.25, 0.3) is 0 Å². The summed E-state index contributed by atoms with van der Waals surface area (Å²) in [5.74, 6) is -7.92. The van der Waals surface area contributed by atoms with Crippen molar-refractivity contribution in [2.24, 2.45) is 29.6 Å². The maximum absolute atomic E-state index is 14.3. The van der Waals surface area contributed by atoms with Gasteiger partial charge in [-0.05, 0) is 95.5 Å². The number of methoxy groups -OCH3 is 3. The summed E-state index contributed by atoms with van der Waals surface area (Å²) < 4.78 is 36.1. The molecule has 4 heterocycles. The molecule has 328 valence electrons. The lowest BCUT2D eigenvalue weighted by atomic mass is 9.79. The van der Waals surface area contributed by atoms with Crippen molar-refractivity contribution in [2.45, 2.75) is 172 Å². The average Bonchev–Trinajstić information content (AvgIpc) is 3.86. The van der Waals surface area contributed by atoms with Crippen molar-refractivity contribution in [1.29, 1.82) is 0 Å². The minimum atomic E-state index is -2.52. The summed E-state index contributed by atoms with van der Waals surface area (Å²) in [6, 6.07) is -1.15. The van der Waals surface area contributed by atoms with Crippen molar-refractivity contribution >= 4 is 23.4 Å². The molecule has 1 saturated carbocycles. The summed E-state index contributed by atoms with van der Waals surface area (Å²) in [7, 11) is 4.60. The van der Waals surface area contributed by atoms with E-state index in [9.17, 15) is 34.5 Å². The molecule has 0 aromatic rings. The molecule has 5 aliphatic rings. The number of esters is 1. The first-order valence-corrected chi connectivity index (χ1v) is 21.3. The van der Waals surface area contributed by atoms with E-state index in [1.54, 1.807) is 27.0 Å². The molecule has 5 rings (SSSR count). The number of rotatable bonds is 7. The number of piperidine rings is 1. The number of fused-ring (bicyclic) bond motifs is 4. The molecular weight excluding hydrogens is 750 g/mol. The molecule has 3 N–H and O–H groups in total. The fraction of sp³-hybridized carbons (Fsp3) is 0.818. The van der Waals surface area contributed by atoms with Crippen molar-refractivity contribution in [3.63, 3.8) is 0 Å². The number of hydrogen-bond acceptors (Lipinski definition) is 13. The molecule has 16 atom stereocenters. The molecule has 2 bridgehead atoms. The highest BCUT2D eigenvalue weighted by molar-refractivity contribution is 6.39. The van der Waals surface area contributed by atoms with Gasteiger partial charge in [-0.15, -0.1) is 6.58 Å². The number of ketones is 2. The molecule has 2 unspecified atom stereocenters. The fourth-order valence-corrected chi connectivity index (χ4v) is 10.2. The van der Waals surface area contributed by atoms with Gasteiger partial charge in [-0.1, -0.05) is 32.9 Å². The van der Waals surface area contributed by atoms with Crippen LogP contribution < -0.4 is 0 Å². The van der Waals surface area contributed by atoms with E-state index in [1.807, 2.05) is 26.8 Å². The Labute approximate surface area is 343 Å². The zero-order valence-corrected chi connectivity index (χ0v) is 35.8. The van der Waals surface area contributed by atoms with E-state index >= 15 is 0 Å². The first-order chi connectivity index (χ1) is 27.4. The Morgan fingerprint density at radius 1 is 0.914 bits per heavy atom. The summed E-state index contributed by atoms with van der Waals surface area (Å²) in [6.45, 7) is 13.1. The minimum absolute atomic E-state index is 0.0185. The molecule has 1 aliphatic carbocycles. The second kappa shape index (κ2) is 19.4. The molecule has 0 radical (unpaired) electrons. The van der Waals surface area contributed by atoms with Gasteiger partial charge in [0.1, 0.15) is 24.0 Å². The van der Waals surface area contributed by atoms with Crippen LogP contribution in [0.15, 0.2) is 24.3 Å². The van der Waals surface area contributed by atoms with Gasteiger partial charge in [0.05, 0.1) is 48.1 Å². The highest BCUT2D eigenvalue weighted by Crippen LogP contribution is 2.49. The zero-order valence-electron chi connectivity index (χ0n) is 35.8. The first kappa shape index (κ1) is 46.5. The lowest BCUT2D eigenvalue weighted by Gasteiger charge is -2.47. The number of aliphatic hydroxyl groups excluding tert-OH is 2. The highest BCUT2D eigenvalue weighted by atomic mass is 16.7. The number of ether oxygens (including phenoxy) is 6. The number of nitrogens with zero attached hydrogens (tertiary/aromatic N) is 1. The summed E-state index contributed by atoms with van der Waals surface area (Å²) in [5, 5.41) is 34.3. The van der Waals surface area contributed by atoms with E-state index in [-0.39, 0.29) is 49.5 Å². The Kier molecular flexibility index (Phi) is 15.6. The molecule has 4 saturated heterocycles. The Morgan fingerprint density at radius 3 is 2.24 bits per heavy atom. The number of cyclic esters (lactones) is 1. The van der Waals surface area contributed by atoms with E-state index in [4.69, 9.17) is 28.4 Å². The van der Waals surface area contributed by atoms with Crippen molar-refractivity contribution in [3.05, 3.63) is 24.3 Å². The predicted octanol–water partition coefficient (Wildman–Crippen LogP) is 3.85. The van der Waals surface area contributed by atoms with Crippen LogP contribution in [0.5, 0.6) is 0 Å². The summed E-state index contributed by atoms with van der Waals surface area (Å²) in [4.78, 5) is 58.1.